The second kappa shape index (κ2) is 9.47. The lowest BCUT2D eigenvalue weighted by molar-refractivity contribution is -0.114. The number of anilines is 2. The Kier molecular flexibility index (Phi) is 6.20. The zero-order chi connectivity index (χ0) is 25.3. The molecule has 8 heteroatoms. The van der Waals surface area contributed by atoms with Crippen LogP contribution in [0.1, 0.15) is 6.92 Å². The lowest BCUT2D eigenvalue weighted by Crippen LogP contribution is -2.38. The summed E-state index contributed by atoms with van der Waals surface area (Å²) in [6.07, 6.45) is 0. The average Bonchev–Trinajstić information content (AvgIpc) is 3.21. The van der Waals surface area contributed by atoms with Crippen LogP contribution in [0.25, 0.3) is 21.8 Å². The minimum atomic E-state index is -4.07. The van der Waals surface area contributed by atoms with Crippen molar-refractivity contribution >= 4 is 49.1 Å². The Labute approximate surface area is 208 Å². The monoisotopic (exact) mass is 501 g/mol. The van der Waals surface area contributed by atoms with Gasteiger partial charge in [0.1, 0.15) is 12.4 Å². The third-order valence-corrected chi connectivity index (χ3v) is 7.89. The molecule has 0 atom stereocenters. The number of carbonyl (C=O) groups is 1. The molecule has 6 nitrogen and oxygen atoms in total. The van der Waals surface area contributed by atoms with Crippen molar-refractivity contribution < 1.29 is 17.6 Å². The van der Waals surface area contributed by atoms with E-state index in [0.717, 1.165) is 44.8 Å². The highest BCUT2D eigenvalue weighted by Gasteiger charge is 2.27. The van der Waals surface area contributed by atoms with Crippen LogP contribution in [0, 0.1) is 5.82 Å². The largest absolute Gasteiger partial charge is 0.341 e. The second-order valence-corrected chi connectivity index (χ2v) is 10.2. The molecule has 0 radical (unpaired) electrons. The van der Waals surface area contributed by atoms with Gasteiger partial charge in [0.2, 0.25) is 5.91 Å². The van der Waals surface area contributed by atoms with Crippen LogP contribution < -0.4 is 9.62 Å². The molecule has 0 aliphatic rings. The summed E-state index contributed by atoms with van der Waals surface area (Å²) in [5.41, 5.74) is 2.91. The number of amides is 1. The van der Waals surface area contributed by atoms with Gasteiger partial charge in [-0.25, -0.2) is 12.8 Å². The van der Waals surface area contributed by atoms with Gasteiger partial charge in [-0.2, -0.15) is 0 Å². The van der Waals surface area contributed by atoms with Gasteiger partial charge < -0.3 is 9.88 Å². The molecule has 0 aliphatic carbocycles. The molecule has 0 unspecified atom stereocenters. The van der Waals surface area contributed by atoms with Crippen molar-refractivity contribution in [2.45, 2.75) is 18.4 Å². The smallest absolute Gasteiger partial charge is 0.264 e. The molecule has 0 bridgehead atoms. The maximum atomic E-state index is 13.5. The number of fused-ring (bicyclic) bond motifs is 3. The highest BCUT2D eigenvalue weighted by molar-refractivity contribution is 7.92. The standard InChI is InChI=1S/C28H24FN3O3S/c1-2-31-26-11-7-6-10-24(26)25-18-21(14-17-27(25)31)30-28(33)19-32(22-15-12-20(29)13-16-22)36(34,35)23-8-4-3-5-9-23/h3-18H,2,19H2,1H3,(H,30,33). The lowest BCUT2D eigenvalue weighted by atomic mass is 10.1. The Hall–Kier alpha value is -4.17. The van der Waals surface area contributed by atoms with Crippen LogP contribution in [0.5, 0.6) is 0 Å². The molecule has 1 heterocycles. The Morgan fingerprint density at radius 3 is 2.25 bits per heavy atom. The number of halogens is 1. The first-order chi connectivity index (χ1) is 17.4. The van der Waals surface area contributed by atoms with E-state index in [2.05, 4.69) is 22.9 Å². The highest BCUT2D eigenvalue weighted by Crippen LogP contribution is 2.31. The van der Waals surface area contributed by atoms with Crippen LogP contribution in [0.15, 0.2) is 102 Å². The van der Waals surface area contributed by atoms with Crippen LogP contribution in [0.4, 0.5) is 15.8 Å². The number of aryl methyl sites for hydroxylation is 1. The second-order valence-electron chi connectivity index (χ2n) is 8.34. The van der Waals surface area contributed by atoms with E-state index >= 15 is 0 Å². The number of nitrogens with zero attached hydrogens (tertiary/aromatic N) is 2. The zero-order valence-corrected chi connectivity index (χ0v) is 20.4. The summed E-state index contributed by atoms with van der Waals surface area (Å²) in [6, 6.07) is 26.6. The highest BCUT2D eigenvalue weighted by atomic mass is 32.2. The van der Waals surface area contributed by atoms with Gasteiger partial charge in [0, 0.05) is 34.0 Å². The molecule has 1 aromatic heterocycles. The van der Waals surface area contributed by atoms with Gasteiger partial charge in [-0.15, -0.1) is 0 Å². The third kappa shape index (κ3) is 4.31. The van der Waals surface area contributed by atoms with Gasteiger partial charge in [-0.05, 0) is 67.6 Å². The average molecular weight is 502 g/mol. The SMILES string of the molecule is CCn1c2ccccc2c2cc(NC(=O)CN(c3ccc(F)cc3)S(=O)(=O)c3ccccc3)ccc21. The molecular formula is C28H24FN3O3S. The number of nitrogens with one attached hydrogen (secondary N) is 1. The van der Waals surface area contributed by atoms with Crippen molar-refractivity contribution in [3.05, 3.63) is 103 Å². The van der Waals surface area contributed by atoms with Gasteiger partial charge in [0.25, 0.3) is 10.0 Å². The predicted octanol–water partition coefficient (Wildman–Crippen LogP) is 5.79. The van der Waals surface area contributed by atoms with Crippen LogP contribution in [0.3, 0.4) is 0 Å². The van der Waals surface area contributed by atoms with E-state index in [4.69, 9.17) is 0 Å². The summed E-state index contributed by atoms with van der Waals surface area (Å²) in [6.45, 7) is 2.41. The fourth-order valence-electron chi connectivity index (χ4n) is 4.45. The quantitative estimate of drug-likeness (QED) is 0.307. The molecule has 36 heavy (non-hydrogen) atoms. The zero-order valence-electron chi connectivity index (χ0n) is 19.6. The summed E-state index contributed by atoms with van der Waals surface area (Å²) in [5, 5.41) is 4.90. The van der Waals surface area contributed by atoms with E-state index < -0.39 is 28.3 Å². The molecular weight excluding hydrogens is 477 g/mol. The molecule has 4 aromatic carbocycles. The molecule has 1 N–H and O–H groups in total. The number of aromatic nitrogens is 1. The third-order valence-electron chi connectivity index (χ3n) is 6.11. The van der Waals surface area contributed by atoms with Crippen molar-refractivity contribution in [2.75, 3.05) is 16.2 Å². The van der Waals surface area contributed by atoms with E-state index in [1.807, 2.05) is 30.3 Å². The van der Waals surface area contributed by atoms with Crippen molar-refractivity contribution in [3.63, 3.8) is 0 Å². The van der Waals surface area contributed by atoms with E-state index in [1.54, 1.807) is 24.3 Å². The molecule has 5 aromatic rings. The van der Waals surface area contributed by atoms with Crippen LogP contribution in [0.2, 0.25) is 0 Å². The molecule has 5 rings (SSSR count). The molecule has 0 fully saturated rings. The number of sulfonamides is 1. The maximum absolute atomic E-state index is 13.5. The van der Waals surface area contributed by atoms with E-state index in [0.29, 0.717) is 5.69 Å². The van der Waals surface area contributed by atoms with E-state index in [9.17, 15) is 17.6 Å². The number of rotatable bonds is 7. The number of para-hydroxylation sites is 1. The molecule has 0 spiro atoms. The van der Waals surface area contributed by atoms with Crippen molar-refractivity contribution in [3.8, 4) is 0 Å². The first-order valence-electron chi connectivity index (χ1n) is 11.5. The van der Waals surface area contributed by atoms with E-state index in [1.165, 1.54) is 24.3 Å². The fraction of sp³-hybridized carbons (Fsp3) is 0.107. The predicted molar refractivity (Wildman–Crippen MR) is 141 cm³/mol. The summed E-state index contributed by atoms with van der Waals surface area (Å²) < 4.78 is 43.6. The summed E-state index contributed by atoms with van der Waals surface area (Å²) >= 11 is 0. The number of hydrogen-bond donors (Lipinski definition) is 1. The van der Waals surface area contributed by atoms with Crippen molar-refractivity contribution in [2.24, 2.45) is 0 Å². The molecule has 0 saturated heterocycles. The minimum absolute atomic E-state index is 0.0379. The molecule has 0 saturated carbocycles. The fourth-order valence-corrected chi connectivity index (χ4v) is 5.89. The Morgan fingerprint density at radius 2 is 1.53 bits per heavy atom. The van der Waals surface area contributed by atoms with Gasteiger partial charge >= 0.3 is 0 Å². The first kappa shape index (κ1) is 23.6. The lowest BCUT2D eigenvalue weighted by Gasteiger charge is -2.24. The minimum Gasteiger partial charge on any atom is -0.341 e. The summed E-state index contributed by atoms with van der Waals surface area (Å²) in [4.78, 5) is 13.1. The summed E-state index contributed by atoms with van der Waals surface area (Å²) in [5.74, 6) is -1.02. The number of benzene rings is 4. The molecule has 0 aliphatic heterocycles. The Morgan fingerprint density at radius 1 is 0.861 bits per heavy atom. The number of carbonyl (C=O) groups excluding carboxylic acids is 1. The topological polar surface area (TPSA) is 71.4 Å². The van der Waals surface area contributed by atoms with E-state index in [-0.39, 0.29) is 10.6 Å². The van der Waals surface area contributed by atoms with Crippen molar-refractivity contribution in [1.82, 2.24) is 4.57 Å². The van der Waals surface area contributed by atoms with Crippen LogP contribution in [-0.4, -0.2) is 25.4 Å². The Bertz CT molecular complexity index is 1660. The number of hydrogen-bond acceptors (Lipinski definition) is 3. The van der Waals surface area contributed by atoms with Gasteiger partial charge in [-0.3, -0.25) is 9.10 Å². The van der Waals surface area contributed by atoms with Crippen molar-refractivity contribution in [1.29, 1.82) is 0 Å². The first-order valence-corrected chi connectivity index (χ1v) is 13.0. The van der Waals surface area contributed by atoms with Crippen LogP contribution >= 0.6 is 0 Å². The van der Waals surface area contributed by atoms with Crippen LogP contribution in [-0.2, 0) is 21.4 Å². The molecule has 182 valence electrons. The normalized spacial score (nSPS) is 11.6. The summed E-state index contributed by atoms with van der Waals surface area (Å²) in [7, 11) is -4.07. The Balaban J connectivity index is 1.47. The maximum Gasteiger partial charge on any atom is 0.264 e. The van der Waals surface area contributed by atoms with Gasteiger partial charge in [0.15, 0.2) is 0 Å². The molecule has 1 amide bonds. The van der Waals surface area contributed by atoms with Gasteiger partial charge in [-0.1, -0.05) is 36.4 Å². The van der Waals surface area contributed by atoms with Gasteiger partial charge in [0.05, 0.1) is 10.6 Å².